The first-order valence-electron chi connectivity index (χ1n) is 11.3. The van der Waals surface area contributed by atoms with Gasteiger partial charge in [0.2, 0.25) is 11.7 Å². The second-order valence-electron chi connectivity index (χ2n) is 7.99. The van der Waals surface area contributed by atoms with Gasteiger partial charge in [-0.1, -0.05) is 30.3 Å². The number of hydrogen-bond donors (Lipinski definition) is 2. The van der Waals surface area contributed by atoms with Crippen molar-refractivity contribution < 1.29 is 14.2 Å². The molecule has 36 heavy (non-hydrogen) atoms. The number of methoxy groups -OCH3 is 3. The maximum Gasteiger partial charge on any atom is 0.229 e. The molecule has 0 spiro atoms. The molecule has 0 amide bonds. The molecule has 0 aliphatic heterocycles. The zero-order valence-electron chi connectivity index (χ0n) is 20.2. The van der Waals surface area contributed by atoms with Crippen LogP contribution in [0.4, 0.5) is 23.1 Å². The van der Waals surface area contributed by atoms with E-state index in [-0.39, 0.29) is 0 Å². The molecule has 0 unspecified atom stereocenters. The summed E-state index contributed by atoms with van der Waals surface area (Å²) in [6, 6.07) is 21.8. The van der Waals surface area contributed by atoms with E-state index in [4.69, 9.17) is 14.2 Å². The molecule has 0 aliphatic rings. The Morgan fingerprint density at radius 1 is 0.806 bits per heavy atom. The largest absolute Gasteiger partial charge is 0.493 e. The van der Waals surface area contributed by atoms with Crippen molar-refractivity contribution >= 4 is 34.0 Å². The van der Waals surface area contributed by atoms with Crippen LogP contribution in [0.2, 0.25) is 0 Å². The van der Waals surface area contributed by atoms with Crippen molar-refractivity contribution in [2.24, 2.45) is 0 Å². The highest BCUT2D eigenvalue weighted by Gasteiger charge is 2.14. The first kappa shape index (κ1) is 23.0. The van der Waals surface area contributed by atoms with Gasteiger partial charge in [-0.05, 0) is 29.8 Å². The zero-order valence-corrected chi connectivity index (χ0v) is 20.2. The summed E-state index contributed by atoms with van der Waals surface area (Å²) < 4.78 is 18.2. The lowest BCUT2D eigenvalue weighted by Crippen LogP contribution is -2.02. The Labute approximate surface area is 208 Å². The van der Waals surface area contributed by atoms with Crippen LogP contribution in [0.1, 0.15) is 5.56 Å². The molecule has 0 saturated carbocycles. The lowest BCUT2D eigenvalue weighted by atomic mass is 10.2. The minimum atomic E-state index is 0.422. The molecular weight excluding hydrogens is 456 g/mol. The van der Waals surface area contributed by atoms with Crippen LogP contribution in [0.3, 0.4) is 0 Å². The molecule has 5 rings (SSSR count). The molecule has 0 aliphatic carbocycles. The van der Waals surface area contributed by atoms with Crippen LogP contribution in [0, 0.1) is 0 Å². The minimum absolute atomic E-state index is 0.422. The Morgan fingerprint density at radius 2 is 1.58 bits per heavy atom. The number of rotatable bonds is 9. The van der Waals surface area contributed by atoms with Gasteiger partial charge in [0.1, 0.15) is 5.82 Å². The third kappa shape index (κ3) is 4.85. The van der Waals surface area contributed by atoms with E-state index in [9.17, 15) is 0 Å². The Morgan fingerprint density at radius 3 is 2.31 bits per heavy atom. The summed E-state index contributed by atoms with van der Waals surface area (Å²) in [5, 5.41) is 12.1. The van der Waals surface area contributed by atoms with E-state index < -0.39 is 0 Å². The lowest BCUT2D eigenvalue weighted by Gasteiger charge is -2.15. The Hall–Kier alpha value is -4.79. The number of fused-ring (bicyclic) bond motifs is 1. The Bertz CT molecular complexity index is 1460. The summed E-state index contributed by atoms with van der Waals surface area (Å²) in [5.41, 5.74) is 3.88. The average Bonchev–Trinajstić information content (AvgIpc) is 3.30. The van der Waals surface area contributed by atoms with Gasteiger partial charge in [0.25, 0.3) is 0 Å². The van der Waals surface area contributed by atoms with E-state index in [1.54, 1.807) is 39.7 Å². The predicted molar refractivity (Wildman–Crippen MR) is 140 cm³/mol. The van der Waals surface area contributed by atoms with Gasteiger partial charge in [-0.15, -0.1) is 0 Å². The number of nitrogens with one attached hydrogen (secondary N) is 2. The van der Waals surface area contributed by atoms with Crippen molar-refractivity contribution in [1.29, 1.82) is 0 Å². The maximum absolute atomic E-state index is 5.42. The van der Waals surface area contributed by atoms with E-state index in [2.05, 4.69) is 50.0 Å². The maximum atomic E-state index is 5.42. The molecule has 9 heteroatoms. The Balaban J connectivity index is 1.33. The lowest BCUT2D eigenvalue weighted by molar-refractivity contribution is 0.324. The predicted octanol–water partition coefficient (Wildman–Crippen LogP) is 5.39. The van der Waals surface area contributed by atoms with Crippen molar-refractivity contribution in [3.8, 4) is 17.2 Å². The van der Waals surface area contributed by atoms with Crippen LogP contribution < -0.4 is 24.8 Å². The summed E-state index contributed by atoms with van der Waals surface area (Å²) in [4.78, 5) is 8.93. The van der Waals surface area contributed by atoms with Crippen LogP contribution in [0.5, 0.6) is 17.2 Å². The molecule has 2 aromatic heterocycles. The summed E-state index contributed by atoms with van der Waals surface area (Å²) >= 11 is 0. The van der Waals surface area contributed by atoms with E-state index in [0.29, 0.717) is 34.7 Å². The molecule has 3 aromatic carbocycles. The fourth-order valence-electron chi connectivity index (χ4n) is 3.97. The quantitative estimate of drug-likeness (QED) is 0.289. The molecule has 5 aromatic rings. The van der Waals surface area contributed by atoms with E-state index in [1.165, 1.54) is 5.56 Å². The van der Waals surface area contributed by atoms with Crippen LogP contribution in [-0.4, -0.2) is 41.1 Å². The van der Waals surface area contributed by atoms with Gasteiger partial charge in [0.15, 0.2) is 11.5 Å². The normalized spacial score (nSPS) is 10.8. The molecule has 2 heterocycles. The number of aromatic nitrogens is 4. The van der Waals surface area contributed by atoms with Crippen molar-refractivity contribution in [2.45, 2.75) is 6.54 Å². The third-order valence-electron chi connectivity index (χ3n) is 5.67. The number of nitrogens with zero attached hydrogens (tertiary/aromatic N) is 4. The van der Waals surface area contributed by atoms with Crippen molar-refractivity contribution in [3.05, 3.63) is 84.7 Å². The molecule has 2 N–H and O–H groups in total. The van der Waals surface area contributed by atoms with E-state index in [0.717, 1.165) is 23.1 Å². The first-order chi connectivity index (χ1) is 17.7. The molecule has 0 atom stereocenters. The fraction of sp³-hybridized carbons (Fsp3) is 0.148. The van der Waals surface area contributed by atoms with Gasteiger partial charge in [-0.3, -0.25) is 4.68 Å². The number of hydrogen-bond acceptors (Lipinski definition) is 8. The standard InChI is InChI=1S/C27H26N6O3/c1-34-23-14-21(15-24(35-2)26(23)36-3)31-27-28-12-11-25(32-27)30-20-9-10-22-19(13-20)16-29-33(22)17-18-7-5-4-6-8-18/h4-16H,17H2,1-3H3,(H2,28,30,31,32). The molecule has 9 nitrogen and oxygen atoms in total. The highest BCUT2D eigenvalue weighted by Crippen LogP contribution is 2.40. The average molecular weight is 483 g/mol. The summed E-state index contributed by atoms with van der Waals surface area (Å²) in [6.45, 7) is 0.721. The highest BCUT2D eigenvalue weighted by molar-refractivity contribution is 5.83. The van der Waals surface area contributed by atoms with Gasteiger partial charge in [0.05, 0.1) is 39.6 Å². The molecule has 182 valence electrons. The second-order valence-corrected chi connectivity index (χ2v) is 7.99. The van der Waals surface area contributed by atoms with Crippen LogP contribution in [-0.2, 0) is 6.54 Å². The van der Waals surface area contributed by atoms with Crippen molar-refractivity contribution in [2.75, 3.05) is 32.0 Å². The molecule has 0 bridgehead atoms. The highest BCUT2D eigenvalue weighted by atomic mass is 16.5. The Kier molecular flexibility index (Phi) is 6.53. The van der Waals surface area contributed by atoms with E-state index >= 15 is 0 Å². The number of ether oxygens (including phenoxy) is 3. The van der Waals surface area contributed by atoms with Gasteiger partial charge < -0.3 is 24.8 Å². The van der Waals surface area contributed by atoms with Crippen LogP contribution in [0.25, 0.3) is 10.9 Å². The van der Waals surface area contributed by atoms with Gasteiger partial charge in [-0.2, -0.15) is 10.1 Å². The zero-order chi connectivity index (χ0) is 24.9. The number of benzene rings is 3. The van der Waals surface area contributed by atoms with E-state index in [1.807, 2.05) is 41.2 Å². The minimum Gasteiger partial charge on any atom is -0.493 e. The molecular formula is C27H26N6O3. The molecule has 0 saturated heterocycles. The monoisotopic (exact) mass is 482 g/mol. The third-order valence-corrected chi connectivity index (χ3v) is 5.67. The SMILES string of the molecule is COc1cc(Nc2nccc(Nc3ccc4c(cnn4Cc4ccccc4)c3)n2)cc(OC)c1OC. The van der Waals surface area contributed by atoms with Gasteiger partial charge >= 0.3 is 0 Å². The molecule has 0 fully saturated rings. The fourth-order valence-corrected chi connectivity index (χ4v) is 3.97. The second kappa shape index (κ2) is 10.2. The van der Waals surface area contributed by atoms with Crippen molar-refractivity contribution in [3.63, 3.8) is 0 Å². The summed E-state index contributed by atoms with van der Waals surface area (Å²) in [5.74, 6) is 2.66. The number of anilines is 4. The van der Waals surface area contributed by atoms with Crippen LogP contribution >= 0.6 is 0 Å². The van der Waals surface area contributed by atoms with Crippen LogP contribution in [0.15, 0.2) is 79.1 Å². The van der Waals surface area contributed by atoms with Gasteiger partial charge in [0, 0.05) is 35.1 Å². The first-order valence-corrected chi connectivity index (χ1v) is 11.3. The summed E-state index contributed by atoms with van der Waals surface area (Å²) in [6.07, 6.45) is 3.56. The molecule has 0 radical (unpaired) electrons. The van der Waals surface area contributed by atoms with Gasteiger partial charge in [-0.25, -0.2) is 4.98 Å². The van der Waals surface area contributed by atoms with Crippen molar-refractivity contribution in [1.82, 2.24) is 19.7 Å². The summed E-state index contributed by atoms with van der Waals surface area (Å²) in [7, 11) is 4.71. The topological polar surface area (TPSA) is 95.4 Å². The smallest absolute Gasteiger partial charge is 0.229 e.